The molecule has 0 saturated heterocycles. The molecule has 0 aliphatic heterocycles. The van der Waals surface area contributed by atoms with Crippen molar-refractivity contribution in [1.82, 2.24) is 10.3 Å². The van der Waals surface area contributed by atoms with Crippen LogP contribution in [0.5, 0.6) is 0 Å². The van der Waals surface area contributed by atoms with Gasteiger partial charge in [-0.15, -0.1) is 0 Å². The van der Waals surface area contributed by atoms with Gasteiger partial charge >= 0.3 is 0 Å². The van der Waals surface area contributed by atoms with Crippen molar-refractivity contribution in [2.45, 2.75) is 39.7 Å². The van der Waals surface area contributed by atoms with E-state index in [1.807, 2.05) is 6.07 Å². The number of rotatable bonds is 5. The number of pyridine rings is 1. The second kappa shape index (κ2) is 7.91. The van der Waals surface area contributed by atoms with Crippen molar-refractivity contribution in [2.24, 2.45) is 0 Å². The molecule has 1 aromatic carbocycles. The molecule has 0 aliphatic carbocycles. The summed E-state index contributed by atoms with van der Waals surface area (Å²) in [6, 6.07) is 4.87. The highest BCUT2D eigenvalue weighted by Crippen LogP contribution is 2.18. The third kappa shape index (κ3) is 4.14. The van der Waals surface area contributed by atoms with Crippen molar-refractivity contribution in [1.29, 1.82) is 5.26 Å². The van der Waals surface area contributed by atoms with E-state index in [2.05, 4.69) is 10.3 Å². The zero-order valence-electron chi connectivity index (χ0n) is 14.7. The summed E-state index contributed by atoms with van der Waals surface area (Å²) < 4.78 is 26.3. The van der Waals surface area contributed by atoms with Crippen LogP contribution in [0, 0.1) is 36.8 Å². The van der Waals surface area contributed by atoms with Gasteiger partial charge in [-0.2, -0.15) is 5.26 Å². The van der Waals surface area contributed by atoms with Crippen LogP contribution in [-0.2, 0) is 11.2 Å². The number of aryl methyl sites for hydroxylation is 1. The summed E-state index contributed by atoms with van der Waals surface area (Å²) in [5.74, 6) is -2.18. The number of nitriles is 1. The fourth-order valence-corrected chi connectivity index (χ4v) is 2.84. The summed E-state index contributed by atoms with van der Waals surface area (Å²) in [6.45, 7) is 5.07. The fourth-order valence-electron chi connectivity index (χ4n) is 2.84. The van der Waals surface area contributed by atoms with E-state index in [1.165, 1.54) is 6.07 Å². The maximum atomic E-state index is 13.3. The van der Waals surface area contributed by atoms with Gasteiger partial charge in [-0.1, -0.05) is 6.07 Å². The number of aromatic nitrogens is 1. The molecule has 1 amide bonds. The van der Waals surface area contributed by atoms with Crippen LogP contribution in [0.15, 0.2) is 23.0 Å². The van der Waals surface area contributed by atoms with E-state index in [9.17, 15) is 18.4 Å². The van der Waals surface area contributed by atoms with Crippen LogP contribution in [-0.4, -0.2) is 10.9 Å². The van der Waals surface area contributed by atoms with E-state index in [1.54, 1.807) is 20.8 Å². The summed E-state index contributed by atoms with van der Waals surface area (Å²) in [7, 11) is 0. The molecule has 0 radical (unpaired) electrons. The predicted molar refractivity (Wildman–Crippen MR) is 92.5 cm³/mol. The SMILES string of the molecule is Cc1[nH]c(=O)c(C#N)c(C)c1CCC(=O)NC(C)c1ccc(F)c(F)c1. The van der Waals surface area contributed by atoms with Crippen LogP contribution in [0.1, 0.15) is 47.3 Å². The summed E-state index contributed by atoms with van der Waals surface area (Å²) in [4.78, 5) is 26.5. The lowest BCUT2D eigenvalue weighted by molar-refractivity contribution is -0.121. The third-order valence-corrected chi connectivity index (χ3v) is 4.34. The Kier molecular flexibility index (Phi) is 5.88. The molecule has 0 aliphatic rings. The highest BCUT2D eigenvalue weighted by atomic mass is 19.2. The first-order valence-corrected chi connectivity index (χ1v) is 8.11. The van der Waals surface area contributed by atoms with Crippen molar-refractivity contribution in [3.05, 3.63) is 68.1 Å². The minimum Gasteiger partial charge on any atom is -0.350 e. The number of nitrogens with one attached hydrogen (secondary N) is 2. The zero-order valence-corrected chi connectivity index (χ0v) is 14.7. The molecule has 7 heteroatoms. The van der Waals surface area contributed by atoms with Crippen molar-refractivity contribution in [2.75, 3.05) is 0 Å². The molecule has 136 valence electrons. The Morgan fingerprint density at radius 2 is 2.00 bits per heavy atom. The number of carbonyl (C=O) groups excluding carboxylic acids is 1. The van der Waals surface area contributed by atoms with Crippen LogP contribution in [0.4, 0.5) is 8.78 Å². The number of H-pyrrole nitrogens is 1. The fraction of sp³-hybridized carbons (Fsp3) is 0.316. The van der Waals surface area contributed by atoms with Crippen LogP contribution in [0.2, 0.25) is 0 Å². The standard InChI is InChI=1S/C19H19F2N3O2/c1-10-14(12(3)24-19(26)15(10)9-22)5-7-18(25)23-11(2)13-4-6-16(20)17(21)8-13/h4,6,8,11H,5,7H2,1-3H3,(H,23,25)(H,24,26). The van der Waals surface area contributed by atoms with Gasteiger partial charge in [0.1, 0.15) is 11.6 Å². The van der Waals surface area contributed by atoms with Gasteiger partial charge in [0.15, 0.2) is 11.6 Å². The topological polar surface area (TPSA) is 85.8 Å². The van der Waals surface area contributed by atoms with Gasteiger partial charge in [0, 0.05) is 12.1 Å². The molecule has 0 spiro atoms. The van der Waals surface area contributed by atoms with Crippen LogP contribution in [0.3, 0.4) is 0 Å². The molecular formula is C19H19F2N3O2. The van der Waals surface area contributed by atoms with Crippen LogP contribution < -0.4 is 10.9 Å². The first kappa shape index (κ1) is 19.3. The Bertz CT molecular complexity index is 945. The second-order valence-corrected chi connectivity index (χ2v) is 6.13. The van der Waals surface area contributed by atoms with Gasteiger partial charge in [0.05, 0.1) is 6.04 Å². The van der Waals surface area contributed by atoms with E-state index in [4.69, 9.17) is 5.26 Å². The van der Waals surface area contributed by atoms with Gasteiger partial charge in [0.2, 0.25) is 5.91 Å². The summed E-state index contributed by atoms with van der Waals surface area (Å²) in [5, 5.41) is 11.8. The van der Waals surface area contributed by atoms with Gasteiger partial charge in [-0.25, -0.2) is 8.78 Å². The van der Waals surface area contributed by atoms with Gasteiger partial charge in [0.25, 0.3) is 5.56 Å². The molecule has 1 heterocycles. The predicted octanol–water partition coefficient (Wildman–Crippen LogP) is 2.95. The molecule has 5 nitrogen and oxygen atoms in total. The highest BCUT2D eigenvalue weighted by molar-refractivity contribution is 5.76. The van der Waals surface area contributed by atoms with Crippen LogP contribution in [0.25, 0.3) is 0 Å². The normalized spacial score (nSPS) is 11.7. The monoisotopic (exact) mass is 359 g/mol. The van der Waals surface area contributed by atoms with E-state index >= 15 is 0 Å². The Morgan fingerprint density at radius 1 is 1.31 bits per heavy atom. The second-order valence-electron chi connectivity index (χ2n) is 6.13. The number of benzene rings is 1. The first-order chi connectivity index (χ1) is 12.2. The Hall–Kier alpha value is -3.01. The number of hydrogen-bond donors (Lipinski definition) is 2. The molecule has 1 aromatic heterocycles. The molecule has 26 heavy (non-hydrogen) atoms. The lowest BCUT2D eigenvalue weighted by atomic mass is 9.99. The Balaban J connectivity index is 2.06. The summed E-state index contributed by atoms with van der Waals surface area (Å²) in [6.07, 6.45) is 0.478. The molecule has 1 atom stereocenters. The Morgan fingerprint density at radius 3 is 2.62 bits per heavy atom. The first-order valence-electron chi connectivity index (χ1n) is 8.11. The Labute approximate surface area is 149 Å². The molecule has 2 N–H and O–H groups in total. The minimum atomic E-state index is -0.966. The van der Waals surface area contributed by atoms with E-state index in [-0.39, 0.29) is 17.9 Å². The number of halogens is 2. The maximum Gasteiger partial charge on any atom is 0.266 e. The number of amides is 1. The quantitative estimate of drug-likeness (QED) is 0.861. The molecule has 1 unspecified atom stereocenters. The lowest BCUT2D eigenvalue weighted by Crippen LogP contribution is -2.27. The number of nitrogens with zero attached hydrogens (tertiary/aromatic N) is 1. The molecule has 2 aromatic rings. The molecular weight excluding hydrogens is 340 g/mol. The zero-order chi connectivity index (χ0) is 19.4. The molecule has 0 saturated carbocycles. The molecule has 0 bridgehead atoms. The summed E-state index contributed by atoms with van der Waals surface area (Å²) >= 11 is 0. The van der Waals surface area contributed by atoms with Crippen molar-refractivity contribution in [3.63, 3.8) is 0 Å². The highest BCUT2D eigenvalue weighted by Gasteiger charge is 2.15. The molecule has 2 rings (SSSR count). The van der Waals surface area contributed by atoms with Crippen molar-refractivity contribution < 1.29 is 13.6 Å². The summed E-state index contributed by atoms with van der Waals surface area (Å²) in [5.41, 5.74) is 1.99. The molecule has 0 fully saturated rings. The van der Waals surface area contributed by atoms with Gasteiger partial charge < -0.3 is 10.3 Å². The van der Waals surface area contributed by atoms with Crippen LogP contribution >= 0.6 is 0 Å². The average Bonchev–Trinajstić information content (AvgIpc) is 2.57. The average molecular weight is 359 g/mol. The number of aromatic amines is 1. The van der Waals surface area contributed by atoms with Gasteiger partial charge in [-0.3, -0.25) is 9.59 Å². The van der Waals surface area contributed by atoms with Crippen molar-refractivity contribution in [3.8, 4) is 6.07 Å². The minimum absolute atomic E-state index is 0.0427. The van der Waals surface area contributed by atoms with E-state index in [0.29, 0.717) is 23.2 Å². The van der Waals surface area contributed by atoms with E-state index in [0.717, 1.165) is 17.7 Å². The third-order valence-electron chi connectivity index (χ3n) is 4.34. The number of hydrogen-bond acceptors (Lipinski definition) is 3. The lowest BCUT2D eigenvalue weighted by Gasteiger charge is -2.15. The van der Waals surface area contributed by atoms with Gasteiger partial charge in [-0.05, 0) is 56.0 Å². The van der Waals surface area contributed by atoms with Crippen molar-refractivity contribution >= 4 is 5.91 Å². The van der Waals surface area contributed by atoms with E-state index < -0.39 is 23.2 Å². The maximum absolute atomic E-state index is 13.3. The smallest absolute Gasteiger partial charge is 0.266 e. The number of carbonyl (C=O) groups is 1. The largest absolute Gasteiger partial charge is 0.350 e.